The zero-order chi connectivity index (χ0) is 18.7. The van der Waals surface area contributed by atoms with Crippen molar-refractivity contribution in [3.63, 3.8) is 0 Å². The summed E-state index contributed by atoms with van der Waals surface area (Å²) in [6.07, 6.45) is 0.500. The van der Waals surface area contributed by atoms with Crippen LogP contribution in [0.2, 0.25) is 0 Å². The monoisotopic (exact) mass is 365 g/mol. The van der Waals surface area contributed by atoms with E-state index >= 15 is 0 Å². The van der Waals surface area contributed by atoms with E-state index in [1.54, 1.807) is 0 Å². The lowest BCUT2D eigenvalue weighted by atomic mass is 9.73. The van der Waals surface area contributed by atoms with Crippen LogP contribution in [0.5, 0.6) is 0 Å². The largest absolute Gasteiger partial charge is 0.475 e. The van der Waals surface area contributed by atoms with Gasteiger partial charge in [0.25, 0.3) is 0 Å². The Bertz CT molecular complexity index is 827. The Morgan fingerprint density at radius 1 is 1.15 bits per heavy atom. The number of hydrogen-bond donors (Lipinski definition) is 2. The Labute approximate surface area is 147 Å². The number of ether oxygens (including phenoxy) is 1. The van der Waals surface area contributed by atoms with Gasteiger partial charge in [0.05, 0.1) is 12.0 Å². The lowest BCUT2D eigenvalue weighted by Gasteiger charge is -2.36. The maximum Gasteiger partial charge on any atom is 0.371 e. The first kappa shape index (κ1) is 18.1. The summed E-state index contributed by atoms with van der Waals surface area (Å²) in [7, 11) is 0. The second-order valence-corrected chi connectivity index (χ2v) is 6.07. The fourth-order valence-electron chi connectivity index (χ4n) is 3.14. The molecule has 1 aromatic carbocycles. The maximum absolute atomic E-state index is 14.4. The number of furan rings is 1. The average molecular weight is 365 g/mol. The molecule has 8 heteroatoms. The Hall–Kier alpha value is -2.74. The van der Waals surface area contributed by atoms with Gasteiger partial charge in [-0.25, -0.2) is 13.6 Å². The lowest BCUT2D eigenvalue weighted by Crippen LogP contribution is -2.48. The van der Waals surface area contributed by atoms with Gasteiger partial charge in [-0.15, -0.1) is 0 Å². The smallest absolute Gasteiger partial charge is 0.371 e. The summed E-state index contributed by atoms with van der Waals surface area (Å²) in [5, 5.41) is 11.5. The van der Waals surface area contributed by atoms with Crippen molar-refractivity contribution in [1.82, 2.24) is 5.32 Å². The van der Waals surface area contributed by atoms with Gasteiger partial charge in [-0.1, -0.05) is 6.07 Å². The molecule has 0 saturated carbocycles. The van der Waals surface area contributed by atoms with Gasteiger partial charge in [-0.2, -0.15) is 0 Å². The number of carboxylic acids is 1. The Kier molecular flexibility index (Phi) is 5.03. The Balaban J connectivity index is 1.82. The van der Waals surface area contributed by atoms with E-state index in [1.165, 1.54) is 18.2 Å². The third-order valence-corrected chi connectivity index (χ3v) is 4.52. The number of carbonyl (C=O) groups is 2. The number of carbonyl (C=O) groups excluding carboxylic acids is 1. The zero-order valence-corrected chi connectivity index (χ0v) is 13.8. The Morgan fingerprint density at radius 2 is 1.88 bits per heavy atom. The predicted octanol–water partition coefficient (Wildman–Crippen LogP) is 2.62. The van der Waals surface area contributed by atoms with E-state index in [4.69, 9.17) is 14.3 Å². The van der Waals surface area contributed by atoms with Crippen LogP contribution in [0.15, 0.2) is 34.7 Å². The summed E-state index contributed by atoms with van der Waals surface area (Å²) in [6, 6.07) is 5.89. The average Bonchev–Trinajstić information content (AvgIpc) is 3.09. The minimum atomic E-state index is -1.21. The number of rotatable bonds is 5. The number of aromatic carboxylic acids is 1. The van der Waals surface area contributed by atoms with E-state index in [-0.39, 0.29) is 49.7 Å². The summed E-state index contributed by atoms with van der Waals surface area (Å²) in [4.78, 5) is 23.7. The third-order valence-electron chi connectivity index (χ3n) is 4.52. The van der Waals surface area contributed by atoms with Crippen LogP contribution in [0.3, 0.4) is 0 Å². The molecule has 0 radical (unpaired) electrons. The number of hydrogen-bond acceptors (Lipinski definition) is 4. The summed E-state index contributed by atoms with van der Waals surface area (Å²) >= 11 is 0. The van der Waals surface area contributed by atoms with Crippen LogP contribution in [0, 0.1) is 11.6 Å². The highest BCUT2D eigenvalue weighted by Crippen LogP contribution is 2.37. The van der Waals surface area contributed by atoms with Gasteiger partial charge in [-0.3, -0.25) is 4.79 Å². The van der Waals surface area contributed by atoms with Crippen LogP contribution in [0.1, 0.15) is 34.7 Å². The van der Waals surface area contributed by atoms with E-state index in [1.807, 2.05) is 0 Å². The molecule has 26 heavy (non-hydrogen) atoms. The van der Waals surface area contributed by atoms with Crippen molar-refractivity contribution in [1.29, 1.82) is 0 Å². The normalized spacial score (nSPS) is 16.2. The number of benzene rings is 1. The van der Waals surface area contributed by atoms with Crippen molar-refractivity contribution >= 4 is 11.9 Å². The highest BCUT2D eigenvalue weighted by atomic mass is 19.1. The van der Waals surface area contributed by atoms with Crippen LogP contribution in [-0.4, -0.2) is 30.2 Å². The van der Waals surface area contributed by atoms with Crippen molar-refractivity contribution in [2.75, 3.05) is 13.2 Å². The van der Waals surface area contributed by atoms with Crippen molar-refractivity contribution in [3.8, 4) is 0 Å². The van der Waals surface area contributed by atoms with Crippen molar-refractivity contribution in [2.45, 2.75) is 24.8 Å². The first-order valence-corrected chi connectivity index (χ1v) is 8.06. The predicted molar refractivity (Wildman–Crippen MR) is 85.6 cm³/mol. The third kappa shape index (κ3) is 3.45. The van der Waals surface area contributed by atoms with Gasteiger partial charge in [0.1, 0.15) is 17.4 Å². The minimum absolute atomic E-state index is 0.0441. The Morgan fingerprint density at radius 3 is 2.50 bits per heavy atom. The topological polar surface area (TPSA) is 88.8 Å². The number of nitrogens with one attached hydrogen (secondary N) is 1. The van der Waals surface area contributed by atoms with E-state index in [9.17, 15) is 18.4 Å². The molecule has 1 aromatic heterocycles. The molecule has 6 nitrogen and oxygen atoms in total. The summed E-state index contributed by atoms with van der Waals surface area (Å²) in [5.74, 6) is -3.13. The molecule has 1 aliphatic heterocycles. The highest BCUT2D eigenvalue weighted by Gasteiger charge is 2.43. The molecule has 0 unspecified atom stereocenters. The second-order valence-electron chi connectivity index (χ2n) is 6.07. The fourth-order valence-corrected chi connectivity index (χ4v) is 3.14. The van der Waals surface area contributed by atoms with Crippen LogP contribution < -0.4 is 5.32 Å². The van der Waals surface area contributed by atoms with Crippen LogP contribution in [-0.2, 0) is 21.5 Å². The van der Waals surface area contributed by atoms with Crippen LogP contribution >= 0.6 is 0 Å². The van der Waals surface area contributed by atoms with Gasteiger partial charge in [0.15, 0.2) is 0 Å². The molecule has 2 heterocycles. The quantitative estimate of drug-likeness (QED) is 0.850. The van der Waals surface area contributed by atoms with E-state index in [2.05, 4.69) is 5.32 Å². The standard InChI is InChI=1S/C18H17F2NO5/c19-11-1-3-13(14(20)9-11)18(5-7-25-8-6-18)17(24)21-10-12-2-4-15(26-12)16(22)23/h1-4,9H,5-8,10H2,(H,21,24)(H,22,23). The first-order chi connectivity index (χ1) is 12.4. The molecular weight excluding hydrogens is 348 g/mol. The summed E-state index contributed by atoms with van der Waals surface area (Å²) < 4.78 is 38.0. The molecule has 0 atom stereocenters. The van der Waals surface area contributed by atoms with Gasteiger partial charge >= 0.3 is 5.97 Å². The maximum atomic E-state index is 14.4. The number of amides is 1. The zero-order valence-electron chi connectivity index (χ0n) is 13.8. The molecule has 1 saturated heterocycles. The van der Waals surface area contributed by atoms with Gasteiger partial charge in [0, 0.05) is 24.8 Å². The molecular formula is C18H17F2NO5. The molecule has 1 fully saturated rings. The van der Waals surface area contributed by atoms with Crippen molar-refractivity contribution < 1.29 is 32.6 Å². The van der Waals surface area contributed by atoms with Gasteiger partial charge in [0.2, 0.25) is 11.7 Å². The molecule has 1 aliphatic rings. The molecule has 2 aromatic rings. The van der Waals surface area contributed by atoms with E-state index in [0.717, 1.165) is 12.1 Å². The molecule has 3 rings (SSSR count). The van der Waals surface area contributed by atoms with Gasteiger partial charge in [-0.05, 0) is 31.0 Å². The van der Waals surface area contributed by atoms with E-state index < -0.39 is 28.9 Å². The number of halogens is 2. The van der Waals surface area contributed by atoms with Crippen LogP contribution in [0.4, 0.5) is 8.78 Å². The molecule has 0 bridgehead atoms. The molecule has 0 spiro atoms. The minimum Gasteiger partial charge on any atom is -0.475 e. The van der Waals surface area contributed by atoms with Crippen molar-refractivity contribution in [2.24, 2.45) is 0 Å². The SMILES string of the molecule is O=C(O)c1ccc(CNC(=O)C2(c3ccc(F)cc3F)CCOCC2)o1. The summed E-state index contributed by atoms with van der Waals surface area (Å²) in [5.41, 5.74) is -1.07. The van der Waals surface area contributed by atoms with Crippen molar-refractivity contribution in [3.05, 3.63) is 59.1 Å². The number of carboxylic acid groups (broad SMARTS) is 1. The highest BCUT2D eigenvalue weighted by molar-refractivity contribution is 5.88. The fraction of sp³-hybridized carbons (Fsp3) is 0.333. The van der Waals surface area contributed by atoms with Crippen LogP contribution in [0.25, 0.3) is 0 Å². The molecule has 2 N–H and O–H groups in total. The molecule has 1 amide bonds. The first-order valence-electron chi connectivity index (χ1n) is 8.06. The summed E-state index contributed by atoms with van der Waals surface area (Å²) in [6.45, 7) is 0.500. The second kappa shape index (κ2) is 7.25. The van der Waals surface area contributed by atoms with Gasteiger partial charge < -0.3 is 19.6 Å². The lowest BCUT2D eigenvalue weighted by molar-refractivity contribution is -0.130. The molecule has 138 valence electrons. The molecule has 0 aliphatic carbocycles. The van der Waals surface area contributed by atoms with E-state index in [0.29, 0.717) is 0 Å².